The van der Waals surface area contributed by atoms with Crippen LogP contribution in [0.3, 0.4) is 0 Å². The number of nitrogens with one attached hydrogen (secondary N) is 2. The van der Waals surface area contributed by atoms with Gasteiger partial charge in [0.15, 0.2) is 0 Å². The van der Waals surface area contributed by atoms with E-state index >= 15 is 0 Å². The highest BCUT2D eigenvalue weighted by atomic mass is 32.1. The summed E-state index contributed by atoms with van der Waals surface area (Å²) in [5.74, 6) is 0.627. The maximum absolute atomic E-state index is 12.3. The first-order valence-electron chi connectivity index (χ1n) is 8.97. The number of carbonyl (C=O) groups excluding carboxylic acids is 1. The molecular formula is C21H25N3O2S. The molecule has 0 aliphatic rings. The first-order valence-corrected chi connectivity index (χ1v) is 9.85. The molecule has 0 unspecified atom stereocenters. The highest BCUT2D eigenvalue weighted by molar-refractivity contribution is 7.09. The van der Waals surface area contributed by atoms with Crippen LogP contribution in [0.2, 0.25) is 0 Å². The van der Waals surface area contributed by atoms with E-state index in [1.807, 2.05) is 30.3 Å². The number of carbonyl (C=O) groups is 1. The Morgan fingerprint density at radius 1 is 1.15 bits per heavy atom. The number of hydrogen-bond acceptors (Lipinski definition) is 5. The van der Waals surface area contributed by atoms with Gasteiger partial charge in [-0.05, 0) is 29.8 Å². The molecule has 1 aromatic carbocycles. The Hall–Kier alpha value is -2.44. The fourth-order valence-corrected chi connectivity index (χ4v) is 3.48. The molecule has 0 aliphatic heterocycles. The van der Waals surface area contributed by atoms with Crippen molar-refractivity contribution in [3.63, 3.8) is 0 Å². The van der Waals surface area contributed by atoms with Crippen LogP contribution in [0.15, 0.2) is 52.5 Å². The second-order valence-electron chi connectivity index (χ2n) is 7.46. The van der Waals surface area contributed by atoms with E-state index in [2.05, 4.69) is 36.8 Å². The Morgan fingerprint density at radius 2 is 2.00 bits per heavy atom. The molecule has 2 N–H and O–H groups in total. The van der Waals surface area contributed by atoms with Crippen LogP contribution in [0, 0.1) is 0 Å². The topological polar surface area (TPSA) is 67.2 Å². The average molecular weight is 384 g/mol. The Morgan fingerprint density at radius 3 is 2.70 bits per heavy atom. The Kier molecular flexibility index (Phi) is 6.08. The molecule has 3 rings (SSSR count). The summed E-state index contributed by atoms with van der Waals surface area (Å²) >= 11 is 1.70. The number of amides is 1. The van der Waals surface area contributed by atoms with E-state index in [1.165, 1.54) is 0 Å². The summed E-state index contributed by atoms with van der Waals surface area (Å²) in [6.07, 6.45) is 1.60. The van der Waals surface area contributed by atoms with E-state index in [0.29, 0.717) is 25.2 Å². The normalized spacial score (nSPS) is 11.5. The molecule has 0 fully saturated rings. The maximum Gasteiger partial charge on any atom is 0.251 e. The van der Waals surface area contributed by atoms with E-state index in [9.17, 15) is 4.79 Å². The third-order valence-corrected chi connectivity index (χ3v) is 5.34. The van der Waals surface area contributed by atoms with Gasteiger partial charge in [-0.1, -0.05) is 32.9 Å². The lowest BCUT2D eigenvalue weighted by Crippen LogP contribution is -2.23. The van der Waals surface area contributed by atoms with Crippen LogP contribution in [0.1, 0.15) is 53.2 Å². The zero-order valence-corrected chi connectivity index (χ0v) is 16.7. The largest absolute Gasteiger partial charge is 0.467 e. The molecule has 2 heterocycles. The fourth-order valence-electron chi connectivity index (χ4n) is 2.57. The predicted molar refractivity (Wildman–Crippen MR) is 108 cm³/mol. The summed E-state index contributed by atoms with van der Waals surface area (Å²) in [5, 5.41) is 9.52. The van der Waals surface area contributed by atoms with Gasteiger partial charge < -0.3 is 15.1 Å². The van der Waals surface area contributed by atoms with Gasteiger partial charge in [0.05, 0.1) is 23.5 Å². The minimum atomic E-state index is -0.109. The quantitative estimate of drug-likeness (QED) is 0.640. The standard InChI is InChI=1S/C21H25N3O2S/c1-21(2,3)20-24-17(14-27-20)12-22-11-15-6-4-7-16(10-15)19(25)23-13-18-8-5-9-26-18/h4-10,14,22H,11-13H2,1-3H3,(H,23,25). The molecular weight excluding hydrogens is 358 g/mol. The van der Waals surface area contributed by atoms with E-state index in [4.69, 9.17) is 9.40 Å². The van der Waals surface area contributed by atoms with Crippen LogP contribution in [-0.4, -0.2) is 10.9 Å². The Bertz CT molecular complexity index is 879. The second-order valence-corrected chi connectivity index (χ2v) is 8.32. The number of aromatic nitrogens is 1. The molecule has 0 spiro atoms. The molecule has 0 bridgehead atoms. The minimum Gasteiger partial charge on any atom is -0.467 e. The number of hydrogen-bond donors (Lipinski definition) is 2. The summed E-state index contributed by atoms with van der Waals surface area (Å²) in [5.41, 5.74) is 2.84. The number of rotatable bonds is 7. The third-order valence-electron chi connectivity index (χ3n) is 4.02. The highest BCUT2D eigenvalue weighted by Crippen LogP contribution is 2.25. The van der Waals surface area contributed by atoms with Gasteiger partial charge in [-0.15, -0.1) is 11.3 Å². The highest BCUT2D eigenvalue weighted by Gasteiger charge is 2.17. The van der Waals surface area contributed by atoms with Gasteiger partial charge in [0.1, 0.15) is 5.76 Å². The molecule has 1 amide bonds. The molecule has 5 nitrogen and oxygen atoms in total. The van der Waals surface area contributed by atoms with Crippen molar-refractivity contribution in [2.75, 3.05) is 0 Å². The van der Waals surface area contributed by atoms with Crippen LogP contribution < -0.4 is 10.6 Å². The first-order chi connectivity index (χ1) is 12.9. The number of benzene rings is 1. The Balaban J connectivity index is 1.51. The van der Waals surface area contributed by atoms with Gasteiger partial charge in [0.2, 0.25) is 0 Å². The van der Waals surface area contributed by atoms with Crippen molar-refractivity contribution in [2.24, 2.45) is 0 Å². The van der Waals surface area contributed by atoms with Gasteiger partial charge in [-0.2, -0.15) is 0 Å². The van der Waals surface area contributed by atoms with Crippen LogP contribution >= 0.6 is 11.3 Å². The van der Waals surface area contributed by atoms with Gasteiger partial charge in [0.25, 0.3) is 5.91 Å². The molecule has 0 radical (unpaired) electrons. The zero-order valence-electron chi connectivity index (χ0n) is 15.9. The lowest BCUT2D eigenvalue weighted by molar-refractivity contribution is 0.0948. The lowest BCUT2D eigenvalue weighted by Gasteiger charge is -2.13. The van der Waals surface area contributed by atoms with Crippen molar-refractivity contribution in [1.82, 2.24) is 15.6 Å². The summed E-state index contributed by atoms with van der Waals surface area (Å²) < 4.78 is 5.23. The molecule has 0 aliphatic carbocycles. The smallest absolute Gasteiger partial charge is 0.251 e. The molecule has 27 heavy (non-hydrogen) atoms. The average Bonchev–Trinajstić information content (AvgIpc) is 3.31. The zero-order chi connectivity index (χ0) is 19.3. The van der Waals surface area contributed by atoms with Crippen molar-refractivity contribution in [3.05, 3.63) is 75.6 Å². The molecule has 2 aromatic heterocycles. The number of nitrogens with zero attached hydrogens (tertiary/aromatic N) is 1. The van der Waals surface area contributed by atoms with Crippen molar-refractivity contribution in [2.45, 2.75) is 45.8 Å². The molecule has 142 valence electrons. The van der Waals surface area contributed by atoms with Crippen molar-refractivity contribution in [3.8, 4) is 0 Å². The van der Waals surface area contributed by atoms with E-state index in [1.54, 1.807) is 23.7 Å². The summed E-state index contributed by atoms with van der Waals surface area (Å²) in [4.78, 5) is 17.0. The molecule has 0 saturated carbocycles. The van der Waals surface area contributed by atoms with Crippen LogP contribution in [0.5, 0.6) is 0 Å². The third kappa shape index (κ3) is 5.52. The van der Waals surface area contributed by atoms with E-state index in [-0.39, 0.29) is 11.3 Å². The lowest BCUT2D eigenvalue weighted by atomic mass is 9.98. The van der Waals surface area contributed by atoms with Crippen LogP contribution in [-0.2, 0) is 25.0 Å². The predicted octanol–water partition coefficient (Wildman–Crippen LogP) is 4.25. The van der Waals surface area contributed by atoms with Gasteiger partial charge in [0, 0.05) is 29.4 Å². The van der Waals surface area contributed by atoms with Crippen molar-refractivity contribution >= 4 is 17.2 Å². The molecule has 0 atom stereocenters. The number of thiazole rings is 1. The molecule has 0 saturated heterocycles. The summed E-state index contributed by atoms with van der Waals surface area (Å²) in [6.45, 7) is 8.29. The van der Waals surface area contributed by atoms with Crippen LogP contribution in [0.4, 0.5) is 0 Å². The molecule has 3 aromatic rings. The SMILES string of the molecule is CC(C)(C)c1nc(CNCc2cccc(C(=O)NCc3ccco3)c2)cs1. The second kappa shape index (κ2) is 8.50. The first kappa shape index (κ1) is 19.3. The van der Waals surface area contributed by atoms with Crippen LogP contribution in [0.25, 0.3) is 0 Å². The maximum atomic E-state index is 12.3. The minimum absolute atomic E-state index is 0.0836. The molecule has 6 heteroatoms. The van der Waals surface area contributed by atoms with Gasteiger partial charge >= 0.3 is 0 Å². The number of furan rings is 1. The van der Waals surface area contributed by atoms with E-state index < -0.39 is 0 Å². The van der Waals surface area contributed by atoms with Crippen molar-refractivity contribution < 1.29 is 9.21 Å². The monoisotopic (exact) mass is 383 g/mol. The Labute approximate surface area is 163 Å². The van der Waals surface area contributed by atoms with Gasteiger partial charge in [-0.25, -0.2) is 4.98 Å². The van der Waals surface area contributed by atoms with E-state index in [0.717, 1.165) is 22.0 Å². The van der Waals surface area contributed by atoms with Gasteiger partial charge in [-0.3, -0.25) is 4.79 Å². The summed E-state index contributed by atoms with van der Waals surface area (Å²) in [7, 11) is 0. The fraction of sp³-hybridized carbons (Fsp3) is 0.333. The summed E-state index contributed by atoms with van der Waals surface area (Å²) in [6, 6.07) is 11.3. The van der Waals surface area contributed by atoms with Crippen molar-refractivity contribution in [1.29, 1.82) is 0 Å².